The van der Waals surface area contributed by atoms with E-state index in [0.29, 0.717) is 6.42 Å². The molecular formula is C9H18O2. The van der Waals surface area contributed by atoms with Crippen LogP contribution in [-0.2, 0) is 9.53 Å². The van der Waals surface area contributed by atoms with E-state index in [-0.39, 0.29) is 11.9 Å². The van der Waals surface area contributed by atoms with Crippen LogP contribution in [0.4, 0.5) is 0 Å². The first-order valence-corrected chi connectivity index (χ1v) is 4.27. The summed E-state index contributed by atoms with van der Waals surface area (Å²) in [5.41, 5.74) is 0. The third-order valence-electron chi connectivity index (χ3n) is 1.48. The lowest BCUT2D eigenvalue weighted by Crippen LogP contribution is -2.12. The van der Waals surface area contributed by atoms with Gasteiger partial charge in [0.25, 0.3) is 0 Å². The largest absolute Gasteiger partial charge is 0.378 e. The predicted octanol–water partition coefficient (Wildman–Crippen LogP) is 2.17. The van der Waals surface area contributed by atoms with E-state index in [1.807, 2.05) is 6.92 Å². The van der Waals surface area contributed by atoms with Crippen molar-refractivity contribution in [1.29, 1.82) is 0 Å². The number of rotatable bonds is 6. The molecule has 66 valence electrons. The van der Waals surface area contributed by atoms with Crippen molar-refractivity contribution in [3.05, 3.63) is 0 Å². The summed E-state index contributed by atoms with van der Waals surface area (Å²) in [6.07, 6.45) is 2.87. The summed E-state index contributed by atoms with van der Waals surface area (Å²) >= 11 is 0. The lowest BCUT2D eigenvalue weighted by atomic mass is 10.2. The van der Waals surface area contributed by atoms with E-state index >= 15 is 0 Å². The van der Waals surface area contributed by atoms with Gasteiger partial charge in [-0.25, -0.2) is 0 Å². The van der Waals surface area contributed by atoms with Crippen LogP contribution in [0.1, 0.15) is 40.0 Å². The van der Waals surface area contributed by atoms with Crippen LogP contribution < -0.4 is 0 Å². The normalized spacial score (nSPS) is 13.0. The van der Waals surface area contributed by atoms with Crippen molar-refractivity contribution in [3.8, 4) is 0 Å². The molecule has 2 heteroatoms. The van der Waals surface area contributed by atoms with E-state index in [4.69, 9.17) is 4.74 Å². The van der Waals surface area contributed by atoms with Crippen LogP contribution in [0.2, 0.25) is 0 Å². The van der Waals surface area contributed by atoms with Crippen molar-refractivity contribution < 1.29 is 9.53 Å². The molecule has 0 aromatic carbocycles. The number of unbranched alkanes of at least 4 members (excludes halogenated alkanes) is 1. The highest BCUT2D eigenvalue weighted by atomic mass is 16.5. The Kier molecular flexibility index (Phi) is 6.13. The molecule has 0 bridgehead atoms. The maximum Gasteiger partial charge on any atom is 0.132 e. The van der Waals surface area contributed by atoms with Crippen LogP contribution in [0, 0.1) is 0 Å². The summed E-state index contributed by atoms with van der Waals surface area (Å²) in [5, 5.41) is 0. The highest BCUT2D eigenvalue weighted by Gasteiger charge is 2.03. The summed E-state index contributed by atoms with van der Waals surface area (Å²) in [6.45, 7) is 6.45. The fourth-order valence-electron chi connectivity index (χ4n) is 0.893. The average molecular weight is 158 g/mol. The van der Waals surface area contributed by atoms with Crippen molar-refractivity contribution in [2.75, 3.05) is 6.61 Å². The van der Waals surface area contributed by atoms with Gasteiger partial charge in [0.05, 0.1) is 6.10 Å². The molecule has 0 aliphatic carbocycles. The van der Waals surface area contributed by atoms with Gasteiger partial charge in [0.15, 0.2) is 0 Å². The third kappa shape index (κ3) is 7.53. The van der Waals surface area contributed by atoms with Gasteiger partial charge in [0.1, 0.15) is 5.78 Å². The Hall–Kier alpha value is -0.370. The fourth-order valence-corrected chi connectivity index (χ4v) is 0.893. The smallest absolute Gasteiger partial charge is 0.132 e. The molecule has 0 saturated carbocycles. The number of ketones is 1. The Labute approximate surface area is 68.9 Å². The maximum absolute atomic E-state index is 10.6. The van der Waals surface area contributed by atoms with E-state index < -0.39 is 0 Å². The van der Waals surface area contributed by atoms with Gasteiger partial charge in [-0.1, -0.05) is 13.3 Å². The zero-order chi connectivity index (χ0) is 8.69. The van der Waals surface area contributed by atoms with E-state index in [9.17, 15) is 4.79 Å². The Morgan fingerprint density at radius 1 is 1.55 bits per heavy atom. The quantitative estimate of drug-likeness (QED) is 0.554. The molecular weight excluding hydrogens is 140 g/mol. The maximum atomic E-state index is 10.6. The van der Waals surface area contributed by atoms with Crippen LogP contribution in [0.15, 0.2) is 0 Å². The number of hydrogen-bond donors (Lipinski definition) is 0. The number of Topliss-reactive ketones (excluding diaryl/α,β-unsaturated/α-hetero) is 1. The number of hydrogen-bond acceptors (Lipinski definition) is 2. The molecule has 0 saturated heterocycles. The molecule has 0 aromatic heterocycles. The van der Waals surface area contributed by atoms with E-state index in [1.54, 1.807) is 6.92 Å². The lowest BCUT2D eigenvalue weighted by Gasteiger charge is -2.09. The zero-order valence-corrected chi connectivity index (χ0v) is 7.72. The Morgan fingerprint density at radius 2 is 2.18 bits per heavy atom. The second-order valence-electron chi connectivity index (χ2n) is 2.94. The van der Waals surface area contributed by atoms with Crippen molar-refractivity contribution in [2.24, 2.45) is 0 Å². The third-order valence-corrected chi connectivity index (χ3v) is 1.48. The highest BCUT2D eigenvalue weighted by molar-refractivity contribution is 5.75. The van der Waals surface area contributed by atoms with Crippen molar-refractivity contribution >= 4 is 5.78 Å². The summed E-state index contributed by atoms with van der Waals surface area (Å²) < 4.78 is 5.37. The molecule has 0 radical (unpaired) electrons. The second-order valence-corrected chi connectivity index (χ2v) is 2.94. The molecule has 2 nitrogen and oxygen atoms in total. The zero-order valence-electron chi connectivity index (χ0n) is 7.72. The first-order chi connectivity index (χ1) is 5.16. The number of carbonyl (C=O) groups excluding carboxylic acids is 1. The van der Waals surface area contributed by atoms with Crippen molar-refractivity contribution in [1.82, 2.24) is 0 Å². The molecule has 1 atom stereocenters. The lowest BCUT2D eigenvalue weighted by molar-refractivity contribution is -0.119. The van der Waals surface area contributed by atoms with Gasteiger partial charge in [0, 0.05) is 13.0 Å². The van der Waals surface area contributed by atoms with Gasteiger partial charge in [-0.3, -0.25) is 4.79 Å². The minimum Gasteiger partial charge on any atom is -0.378 e. The van der Waals surface area contributed by atoms with Crippen molar-refractivity contribution in [2.45, 2.75) is 46.1 Å². The molecule has 0 rings (SSSR count). The Bertz CT molecular complexity index is 110. The molecule has 0 spiro atoms. The van der Waals surface area contributed by atoms with E-state index in [2.05, 4.69) is 6.92 Å². The number of carbonyl (C=O) groups is 1. The summed E-state index contributed by atoms with van der Waals surface area (Å²) in [4.78, 5) is 10.6. The number of ether oxygens (including phenoxy) is 1. The molecule has 0 fully saturated rings. The predicted molar refractivity (Wildman–Crippen MR) is 45.6 cm³/mol. The molecule has 0 aliphatic rings. The van der Waals surface area contributed by atoms with Gasteiger partial charge < -0.3 is 4.74 Å². The monoisotopic (exact) mass is 158 g/mol. The second kappa shape index (κ2) is 6.35. The van der Waals surface area contributed by atoms with E-state index in [0.717, 1.165) is 19.4 Å². The summed E-state index contributed by atoms with van der Waals surface area (Å²) in [6, 6.07) is 0. The average Bonchev–Trinajstić information content (AvgIpc) is 1.86. The standard InChI is InChI=1S/C9H18O2/c1-4-5-6-11-9(3)7-8(2)10/h9H,4-7H2,1-3H3. The summed E-state index contributed by atoms with van der Waals surface area (Å²) in [5.74, 6) is 0.203. The molecule has 11 heavy (non-hydrogen) atoms. The van der Waals surface area contributed by atoms with Gasteiger partial charge in [-0.15, -0.1) is 0 Å². The van der Waals surface area contributed by atoms with E-state index in [1.165, 1.54) is 0 Å². The van der Waals surface area contributed by atoms with Crippen LogP contribution in [0.5, 0.6) is 0 Å². The molecule has 0 aliphatic heterocycles. The molecule has 1 unspecified atom stereocenters. The molecule has 0 N–H and O–H groups in total. The fraction of sp³-hybridized carbons (Fsp3) is 0.889. The minimum absolute atomic E-state index is 0.0963. The van der Waals surface area contributed by atoms with Crippen LogP contribution >= 0.6 is 0 Å². The van der Waals surface area contributed by atoms with Crippen LogP contribution in [0.25, 0.3) is 0 Å². The SMILES string of the molecule is CCCCOC(C)CC(C)=O. The van der Waals surface area contributed by atoms with Gasteiger partial charge in [-0.05, 0) is 20.3 Å². The van der Waals surface area contributed by atoms with Crippen LogP contribution in [-0.4, -0.2) is 18.5 Å². The van der Waals surface area contributed by atoms with Crippen LogP contribution in [0.3, 0.4) is 0 Å². The Morgan fingerprint density at radius 3 is 2.64 bits per heavy atom. The highest BCUT2D eigenvalue weighted by Crippen LogP contribution is 1.99. The van der Waals surface area contributed by atoms with Gasteiger partial charge in [0.2, 0.25) is 0 Å². The molecule has 0 amide bonds. The van der Waals surface area contributed by atoms with Gasteiger partial charge in [-0.2, -0.15) is 0 Å². The van der Waals surface area contributed by atoms with Crippen molar-refractivity contribution in [3.63, 3.8) is 0 Å². The summed E-state index contributed by atoms with van der Waals surface area (Å²) in [7, 11) is 0. The first-order valence-electron chi connectivity index (χ1n) is 4.27. The first kappa shape index (κ1) is 10.6. The molecule has 0 aromatic rings. The molecule has 0 heterocycles. The topological polar surface area (TPSA) is 26.3 Å². The van der Waals surface area contributed by atoms with Gasteiger partial charge >= 0.3 is 0 Å². The Balaban J connectivity index is 3.22. The minimum atomic E-state index is 0.0963.